The molecule has 27 heavy (non-hydrogen) atoms. The van der Waals surface area contributed by atoms with Crippen LogP contribution in [0.1, 0.15) is 17.0 Å². The molecular weight excluding hydrogens is 375 g/mol. The molecule has 0 saturated heterocycles. The number of primary amides is 1. The topological polar surface area (TPSA) is 154 Å². The van der Waals surface area contributed by atoms with Gasteiger partial charge in [-0.1, -0.05) is 12.1 Å². The molecule has 0 unspecified atom stereocenters. The molecule has 4 atom stereocenters. The number of aliphatic hydroxyl groups is 4. The molecule has 1 aromatic carbocycles. The van der Waals surface area contributed by atoms with Gasteiger partial charge in [0.25, 0.3) is 0 Å². The highest BCUT2D eigenvalue weighted by molar-refractivity contribution is 5.85. The van der Waals surface area contributed by atoms with Crippen LogP contribution in [0.2, 0.25) is 0 Å². The number of benzene rings is 1. The lowest BCUT2D eigenvalue weighted by atomic mass is 9.87. The highest BCUT2D eigenvalue weighted by Crippen LogP contribution is 2.31. The molecule has 2 rings (SSSR count). The summed E-state index contributed by atoms with van der Waals surface area (Å²) in [4.78, 5) is 23.2. The summed E-state index contributed by atoms with van der Waals surface area (Å²) in [5, 5.41) is 38.0. The molecule has 0 fully saturated rings. The number of carbonyl (C=O) groups excluding carboxylic acids is 1. The standard InChI is InChI=1S/C16H16F3NO7/c17-16(18,19)8-3-6-1-2-7(4-10(6)27-15(8)26)11(14(20)25)13(24)12(23)9(22)5-21/h1-4,9,11-13,21-24H,5H2,(H2,20,25)/t9-,11-,12-,13-/m1/s1. The van der Waals surface area contributed by atoms with Crippen molar-refractivity contribution in [2.45, 2.75) is 30.4 Å². The van der Waals surface area contributed by atoms with Gasteiger partial charge in [0.05, 0.1) is 18.6 Å². The lowest BCUT2D eigenvalue weighted by Gasteiger charge is -2.27. The number of aliphatic hydroxyl groups excluding tert-OH is 4. The first kappa shape index (κ1) is 20.8. The molecule has 0 saturated carbocycles. The summed E-state index contributed by atoms with van der Waals surface area (Å²) in [6.07, 6.45) is -10.6. The van der Waals surface area contributed by atoms with Crippen molar-refractivity contribution in [2.24, 2.45) is 5.73 Å². The summed E-state index contributed by atoms with van der Waals surface area (Å²) in [5.41, 5.74) is 1.69. The fraction of sp³-hybridized carbons (Fsp3) is 0.375. The zero-order valence-corrected chi connectivity index (χ0v) is 13.6. The Bertz CT molecular complexity index is 896. The highest BCUT2D eigenvalue weighted by Gasteiger charge is 2.37. The number of hydrogen-bond acceptors (Lipinski definition) is 7. The Morgan fingerprint density at radius 2 is 1.78 bits per heavy atom. The molecule has 0 radical (unpaired) electrons. The maximum Gasteiger partial charge on any atom is 0.423 e. The Labute approximate surface area is 149 Å². The third-order valence-electron chi connectivity index (χ3n) is 4.00. The molecule has 1 aromatic heterocycles. The van der Waals surface area contributed by atoms with Crippen molar-refractivity contribution in [3.05, 3.63) is 45.8 Å². The Morgan fingerprint density at radius 1 is 1.15 bits per heavy atom. The third kappa shape index (κ3) is 4.27. The normalized spacial score (nSPS) is 16.7. The molecule has 1 heterocycles. The van der Waals surface area contributed by atoms with Crippen molar-refractivity contribution in [1.29, 1.82) is 0 Å². The van der Waals surface area contributed by atoms with Crippen molar-refractivity contribution in [2.75, 3.05) is 6.61 Å². The van der Waals surface area contributed by atoms with E-state index in [0.717, 1.165) is 18.2 Å². The first-order valence-electron chi connectivity index (χ1n) is 7.56. The van der Waals surface area contributed by atoms with Gasteiger partial charge in [0, 0.05) is 5.39 Å². The maximum absolute atomic E-state index is 12.8. The van der Waals surface area contributed by atoms with Crippen LogP contribution in [0.4, 0.5) is 13.2 Å². The van der Waals surface area contributed by atoms with Crippen LogP contribution in [-0.2, 0) is 11.0 Å². The average molecular weight is 391 g/mol. The van der Waals surface area contributed by atoms with E-state index in [-0.39, 0.29) is 16.5 Å². The molecular formula is C16H16F3NO7. The largest absolute Gasteiger partial charge is 0.423 e. The van der Waals surface area contributed by atoms with E-state index in [1.54, 1.807) is 0 Å². The zero-order chi connectivity index (χ0) is 20.5. The number of alkyl halides is 3. The van der Waals surface area contributed by atoms with Gasteiger partial charge < -0.3 is 30.6 Å². The number of rotatable bonds is 6. The predicted molar refractivity (Wildman–Crippen MR) is 84.5 cm³/mol. The van der Waals surface area contributed by atoms with Crippen LogP contribution in [-0.4, -0.2) is 51.3 Å². The molecule has 8 nitrogen and oxygen atoms in total. The summed E-state index contributed by atoms with van der Waals surface area (Å²) in [6.45, 7) is -0.906. The zero-order valence-electron chi connectivity index (χ0n) is 13.6. The second-order valence-corrected chi connectivity index (χ2v) is 5.85. The highest BCUT2D eigenvalue weighted by atomic mass is 19.4. The van der Waals surface area contributed by atoms with Gasteiger partial charge in [0.15, 0.2) is 0 Å². The number of fused-ring (bicyclic) bond motifs is 1. The van der Waals surface area contributed by atoms with Crippen LogP contribution >= 0.6 is 0 Å². The number of nitrogens with two attached hydrogens (primary N) is 1. The van der Waals surface area contributed by atoms with Gasteiger partial charge in [-0.05, 0) is 17.7 Å². The SMILES string of the molecule is NC(=O)[C@H](c1ccc2cc(C(F)(F)F)c(=O)oc2c1)[C@@H](O)[C@H](O)[C@H](O)CO. The summed E-state index contributed by atoms with van der Waals surface area (Å²) in [5.74, 6) is -2.72. The predicted octanol–water partition coefficient (Wildman–Crippen LogP) is -0.544. The Morgan fingerprint density at radius 3 is 2.30 bits per heavy atom. The van der Waals surface area contributed by atoms with E-state index in [9.17, 15) is 38.1 Å². The lowest BCUT2D eigenvalue weighted by Crippen LogP contribution is -2.46. The van der Waals surface area contributed by atoms with E-state index in [0.29, 0.717) is 6.07 Å². The molecule has 0 bridgehead atoms. The van der Waals surface area contributed by atoms with Crippen molar-refractivity contribution < 1.29 is 42.8 Å². The van der Waals surface area contributed by atoms with E-state index in [4.69, 9.17) is 10.8 Å². The second-order valence-electron chi connectivity index (χ2n) is 5.85. The third-order valence-corrected chi connectivity index (χ3v) is 4.00. The molecule has 6 N–H and O–H groups in total. The van der Waals surface area contributed by atoms with E-state index >= 15 is 0 Å². The van der Waals surface area contributed by atoms with Gasteiger partial charge in [-0.3, -0.25) is 4.79 Å². The maximum atomic E-state index is 12.8. The Balaban J connectivity index is 2.52. The van der Waals surface area contributed by atoms with Crippen LogP contribution in [0.3, 0.4) is 0 Å². The smallest absolute Gasteiger partial charge is 0.422 e. The van der Waals surface area contributed by atoms with Gasteiger partial charge in [0.1, 0.15) is 23.4 Å². The second kappa shape index (κ2) is 7.64. The Kier molecular flexibility index (Phi) is 5.90. The monoisotopic (exact) mass is 391 g/mol. The van der Waals surface area contributed by atoms with Crippen molar-refractivity contribution in [3.8, 4) is 0 Å². The molecule has 2 aromatic rings. The minimum Gasteiger partial charge on any atom is -0.422 e. The van der Waals surface area contributed by atoms with Crippen LogP contribution in [0.5, 0.6) is 0 Å². The van der Waals surface area contributed by atoms with E-state index in [2.05, 4.69) is 4.42 Å². The Hall–Kier alpha value is -2.47. The quantitative estimate of drug-likeness (QED) is 0.414. The number of amides is 1. The minimum atomic E-state index is -4.91. The first-order valence-corrected chi connectivity index (χ1v) is 7.56. The summed E-state index contributed by atoms with van der Waals surface area (Å²) >= 11 is 0. The van der Waals surface area contributed by atoms with Crippen LogP contribution in [0.15, 0.2) is 33.5 Å². The average Bonchev–Trinajstić information content (AvgIpc) is 2.58. The first-order chi connectivity index (χ1) is 12.5. The van der Waals surface area contributed by atoms with Crippen molar-refractivity contribution >= 4 is 16.9 Å². The van der Waals surface area contributed by atoms with E-state index in [1.165, 1.54) is 0 Å². The molecule has 148 valence electrons. The molecule has 1 amide bonds. The lowest BCUT2D eigenvalue weighted by molar-refractivity contribution is -0.139. The van der Waals surface area contributed by atoms with Crippen molar-refractivity contribution in [3.63, 3.8) is 0 Å². The van der Waals surface area contributed by atoms with E-state index < -0.39 is 54.1 Å². The molecule has 0 spiro atoms. The molecule has 0 aliphatic heterocycles. The van der Waals surface area contributed by atoms with Gasteiger partial charge in [-0.25, -0.2) is 4.79 Å². The van der Waals surface area contributed by atoms with Gasteiger partial charge in [0.2, 0.25) is 5.91 Å². The minimum absolute atomic E-state index is 0.0744. The molecule has 11 heteroatoms. The summed E-state index contributed by atoms with van der Waals surface area (Å²) in [7, 11) is 0. The summed E-state index contributed by atoms with van der Waals surface area (Å²) in [6, 6.07) is 3.86. The number of hydrogen-bond donors (Lipinski definition) is 5. The molecule has 0 aliphatic rings. The molecule has 0 aliphatic carbocycles. The van der Waals surface area contributed by atoms with E-state index in [1.807, 2.05) is 0 Å². The van der Waals surface area contributed by atoms with Crippen molar-refractivity contribution in [1.82, 2.24) is 0 Å². The van der Waals surface area contributed by atoms with Crippen LogP contribution in [0, 0.1) is 0 Å². The van der Waals surface area contributed by atoms with Gasteiger partial charge in [-0.15, -0.1) is 0 Å². The fourth-order valence-electron chi connectivity index (χ4n) is 2.58. The number of carbonyl (C=O) groups is 1. The van der Waals surface area contributed by atoms with Gasteiger partial charge in [-0.2, -0.15) is 13.2 Å². The summed E-state index contributed by atoms with van der Waals surface area (Å²) < 4.78 is 42.9. The van der Waals surface area contributed by atoms with Gasteiger partial charge >= 0.3 is 11.8 Å². The van der Waals surface area contributed by atoms with Crippen LogP contribution < -0.4 is 11.4 Å². The number of halogens is 3. The van der Waals surface area contributed by atoms with Crippen LogP contribution in [0.25, 0.3) is 11.0 Å². The fourth-order valence-corrected chi connectivity index (χ4v) is 2.58.